The highest BCUT2D eigenvalue weighted by molar-refractivity contribution is 5.80. The summed E-state index contributed by atoms with van der Waals surface area (Å²) in [6.07, 6.45) is 2.74. The van der Waals surface area contributed by atoms with Crippen molar-refractivity contribution >= 4 is 11.8 Å². The Kier molecular flexibility index (Phi) is 6.20. The van der Waals surface area contributed by atoms with Gasteiger partial charge < -0.3 is 14.9 Å². The normalized spacial score (nSPS) is 25.7. The molecule has 6 heteroatoms. The van der Waals surface area contributed by atoms with Crippen molar-refractivity contribution in [3.8, 4) is 0 Å². The first kappa shape index (κ1) is 17.2. The number of likely N-dealkylation sites (tertiary alicyclic amines) is 1. The highest BCUT2D eigenvalue weighted by Gasteiger charge is 2.31. The number of hydrogen-bond acceptors (Lipinski definition) is 4. The van der Waals surface area contributed by atoms with Crippen LogP contribution >= 0.6 is 0 Å². The Balaban J connectivity index is 1.91. The van der Waals surface area contributed by atoms with Gasteiger partial charge in [0.1, 0.15) is 0 Å². The maximum atomic E-state index is 12.7. The van der Waals surface area contributed by atoms with Gasteiger partial charge >= 0.3 is 0 Å². The molecule has 2 saturated heterocycles. The molecule has 2 heterocycles. The van der Waals surface area contributed by atoms with E-state index in [1.54, 1.807) is 11.8 Å². The van der Waals surface area contributed by atoms with Gasteiger partial charge in [0.2, 0.25) is 11.8 Å². The number of amides is 2. The molecule has 126 valence electrons. The molecule has 2 amide bonds. The SMILES string of the molecule is CC(=O)N1CCCC(C(=O)N2CCCN(C(C)CO)CC2)C1. The van der Waals surface area contributed by atoms with E-state index in [0.29, 0.717) is 6.54 Å². The van der Waals surface area contributed by atoms with Crippen LogP contribution in [0.2, 0.25) is 0 Å². The van der Waals surface area contributed by atoms with Crippen LogP contribution in [0.1, 0.15) is 33.1 Å². The Morgan fingerprint density at radius 2 is 1.82 bits per heavy atom. The number of carbonyl (C=O) groups excluding carboxylic acids is 2. The molecule has 0 spiro atoms. The van der Waals surface area contributed by atoms with E-state index in [0.717, 1.165) is 52.0 Å². The van der Waals surface area contributed by atoms with E-state index in [9.17, 15) is 14.7 Å². The van der Waals surface area contributed by atoms with Crippen LogP contribution in [0.25, 0.3) is 0 Å². The average molecular weight is 311 g/mol. The molecule has 0 bridgehead atoms. The third-order valence-corrected chi connectivity index (χ3v) is 4.95. The average Bonchev–Trinajstić information content (AvgIpc) is 2.79. The van der Waals surface area contributed by atoms with Gasteiger partial charge in [-0.2, -0.15) is 0 Å². The molecule has 0 aromatic heterocycles. The molecule has 0 aromatic carbocycles. The monoisotopic (exact) mass is 311 g/mol. The molecule has 6 nitrogen and oxygen atoms in total. The first-order chi connectivity index (χ1) is 10.5. The number of nitrogens with zero attached hydrogens (tertiary/aromatic N) is 3. The fourth-order valence-corrected chi connectivity index (χ4v) is 3.44. The molecule has 2 fully saturated rings. The Morgan fingerprint density at radius 1 is 1.09 bits per heavy atom. The Hall–Kier alpha value is -1.14. The Labute approximate surface area is 133 Å². The van der Waals surface area contributed by atoms with Crippen LogP contribution < -0.4 is 0 Å². The molecule has 0 radical (unpaired) electrons. The van der Waals surface area contributed by atoms with Crippen molar-refractivity contribution in [2.45, 2.75) is 39.2 Å². The van der Waals surface area contributed by atoms with Crippen molar-refractivity contribution in [1.29, 1.82) is 0 Å². The maximum absolute atomic E-state index is 12.7. The molecule has 22 heavy (non-hydrogen) atoms. The van der Waals surface area contributed by atoms with Crippen LogP contribution in [0.15, 0.2) is 0 Å². The lowest BCUT2D eigenvalue weighted by Crippen LogP contribution is -2.47. The van der Waals surface area contributed by atoms with E-state index in [1.807, 2.05) is 11.8 Å². The molecule has 0 aromatic rings. The fourth-order valence-electron chi connectivity index (χ4n) is 3.44. The van der Waals surface area contributed by atoms with Crippen molar-refractivity contribution in [2.75, 3.05) is 45.9 Å². The zero-order chi connectivity index (χ0) is 16.1. The van der Waals surface area contributed by atoms with Crippen LogP contribution in [-0.4, -0.2) is 83.5 Å². The van der Waals surface area contributed by atoms with E-state index >= 15 is 0 Å². The van der Waals surface area contributed by atoms with Crippen molar-refractivity contribution in [3.63, 3.8) is 0 Å². The third-order valence-electron chi connectivity index (χ3n) is 4.95. The molecular formula is C16H29N3O3. The number of aliphatic hydroxyl groups is 1. The van der Waals surface area contributed by atoms with Crippen molar-refractivity contribution < 1.29 is 14.7 Å². The maximum Gasteiger partial charge on any atom is 0.227 e. The van der Waals surface area contributed by atoms with E-state index < -0.39 is 0 Å². The van der Waals surface area contributed by atoms with E-state index in [-0.39, 0.29) is 30.4 Å². The largest absolute Gasteiger partial charge is 0.395 e. The summed E-state index contributed by atoms with van der Waals surface area (Å²) >= 11 is 0. The van der Waals surface area contributed by atoms with Gasteiger partial charge in [0.25, 0.3) is 0 Å². The van der Waals surface area contributed by atoms with Gasteiger partial charge in [-0.15, -0.1) is 0 Å². The smallest absolute Gasteiger partial charge is 0.227 e. The second-order valence-electron chi connectivity index (χ2n) is 6.55. The summed E-state index contributed by atoms with van der Waals surface area (Å²) in [7, 11) is 0. The molecule has 2 aliphatic heterocycles. The number of aliphatic hydroxyl groups excluding tert-OH is 1. The first-order valence-corrected chi connectivity index (χ1v) is 8.42. The van der Waals surface area contributed by atoms with Crippen molar-refractivity contribution in [2.24, 2.45) is 5.92 Å². The van der Waals surface area contributed by atoms with Gasteiger partial charge in [0.05, 0.1) is 12.5 Å². The van der Waals surface area contributed by atoms with Gasteiger partial charge in [-0.05, 0) is 26.2 Å². The quantitative estimate of drug-likeness (QED) is 0.806. The van der Waals surface area contributed by atoms with Crippen molar-refractivity contribution in [1.82, 2.24) is 14.7 Å². The molecule has 0 saturated carbocycles. The van der Waals surface area contributed by atoms with E-state index in [1.165, 1.54) is 0 Å². The minimum atomic E-state index is -0.0422. The summed E-state index contributed by atoms with van der Waals surface area (Å²) < 4.78 is 0. The van der Waals surface area contributed by atoms with Crippen LogP contribution in [0.3, 0.4) is 0 Å². The molecule has 1 N–H and O–H groups in total. The molecule has 2 aliphatic rings. The van der Waals surface area contributed by atoms with Gasteiger partial charge in [0.15, 0.2) is 0 Å². The minimum absolute atomic E-state index is 0.0422. The summed E-state index contributed by atoms with van der Waals surface area (Å²) in [5.41, 5.74) is 0. The van der Waals surface area contributed by atoms with E-state index in [4.69, 9.17) is 0 Å². The van der Waals surface area contributed by atoms with Crippen LogP contribution in [0, 0.1) is 5.92 Å². The van der Waals surface area contributed by atoms with Crippen LogP contribution in [0.5, 0.6) is 0 Å². The van der Waals surface area contributed by atoms with Gasteiger partial charge in [-0.25, -0.2) is 0 Å². The summed E-state index contributed by atoms with van der Waals surface area (Å²) in [5, 5.41) is 9.28. The summed E-state index contributed by atoms with van der Waals surface area (Å²) in [6.45, 7) is 8.35. The number of carbonyl (C=O) groups is 2. The highest BCUT2D eigenvalue weighted by atomic mass is 16.3. The van der Waals surface area contributed by atoms with E-state index in [2.05, 4.69) is 4.90 Å². The Morgan fingerprint density at radius 3 is 2.50 bits per heavy atom. The standard InChI is InChI=1S/C16H29N3O3/c1-13(12-20)17-7-4-8-18(10-9-17)16(22)15-5-3-6-19(11-15)14(2)21/h13,15,20H,3-12H2,1-2H3. The lowest BCUT2D eigenvalue weighted by Gasteiger charge is -2.34. The molecule has 2 atom stereocenters. The van der Waals surface area contributed by atoms with Crippen LogP contribution in [-0.2, 0) is 9.59 Å². The second-order valence-corrected chi connectivity index (χ2v) is 6.55. The summed E-state index contributed by atoms with van der Waals surface area (Å²) in [4.78, 5) is 30.3. The fraction of sp³-hybridized carbons (Fsp3) is 0.875. The molecule has 0 aliphatic carbocycles. The zero-order valence-corrected chi connectivity index (χ0v) is 13.8. The van der Waals surface area contributed by atoms with Crippen molar-refractivity contribution in [3.05, 3.63) is 0 Å². The lowest BCUT2D eigenvalue weighted by molar-refractivity contribution is -0.140. The summed E-state index contributed by atoms with van der Waals surface area (Å²) in [5.74, 6) is 0.222. The summed E-state index contributed by atoms with van der Waals surface area (Å²) in [6, 6.07) is 0.151. The molecule has 2 unspecified atom stereocenters. The minimum Gasteiger partial charge on any atom is -0.395 e. The van der Waals surface area contributed by atoms with Gasteiger partial charge in [-0.3, -0.25) is 14.5 Å². The van der Waals surface area contributed by atoms with Gasteiger partial charge in [0, 0.05) is 52.2 Å². The topological polar surface area (TPSA) is 64.1 Å². The van der Waals surface area contributed by atoms with Crippen LogP contribution in [0.4, 0.5) is 0 Å². The molecular weight excluding hydrogens is 282 g/mol. The third kappa shape index (κ3) is 4.20. The number of piperidine rings is 1. The highest BCUT2D eigenvalue weighted by Crippen LogP contribution is 2.20. The first-order valence-electron chi connectivity index (χ1n) is 8.42. The second kappa shape index (κ2) is 7.92. The zero-order valence-electron chi connectivity index (χ0n) is 13.8. The Bertz CT molecular complexity index is 402. The van der Waals surface area contributed by atoms with Gasteiger partial charge in [-0.1, -0.05) is 0 Å². The molecule has 2 rings (SSSR count). The number of rotatable bonds is 3. The predicted octanol–water partition coefficient (Wildman–Crippen LogP) is 0.160. The number of hydrogen-bond donors (Lipinski definition) is 1. The predicted molar refractivity (Wildman–Crippen MR) is 84.3 cm³/mol. The lowest BCUT2D eigenvalue weighted by atomic mass is 9.96.